The molecule has 1 saturated heterocycles. The Bertz CT molecular complexity index is 1150. The molecule has 0 unspecified atom stereocenters. The van der Waals surface area contributed by atoms with E-state index in [9.17, 15) is 26.8 Å². The summed E-state index contributed by atoms with van der Waals surface area (Å²) >= 11 is 0. The van der Waals surface area contributed by atoms with E-state index in [1.54, 1.807) is 20.8 Å². The Morgan fingerprint density at radius 1 is 1.35 bits per heavy atom. The molecule has 0 bridgehead atoms. The number of amides is 2. The summed E-state index contributed by atoms with van der Waals surface area (Å²) < 4.78 is 66.5. The lowest BCUT2D eigenvalue weighted by Crippen LogP contribution is -2.59. The predicted octanol–water partition coefficient (Wildman–Crippen LogP) is 2.32. The highest BCUT2D eigenvalue weighted by atomic mass is 32.2. The minimum absolute atomic E-state index is 0.126. The summed E-state index contributed by atoms with van der Waals surface area (Å²) in [7, 11) is -3.13. The summed E-state index contributed by atoms with van der Waals surface area (Å²) in [5.74, 6) is -2.36. The topological polar surface area (TPSA) is 118 Å². The molecule has 2 amide bonds. The van der Waals surface area contributed by atoms with Crippen LogP contribution in [0.4, 0.5) is 18.4 Å². The molecule has 2 heterocycles. The predicted molar refractivity (Wildman–Crippen MR) is 118 cm³/mol. The molecule has 1 fully saturated rings. The normalized spacial score (nSPS) is 23.6. The number of rotatable bonds is 3. The lowest BCUT2D eigenvalue weighted by atomic mass is 9.88. The molecule has 34 heavy (non-hydrogen) atoms. The van der Waals surface area contributed by atoms with Crippen LogP contribution < -0.4 is 5.32 Å². The molecule has 2 aliphatic rings. The Morgan fingerprint density at radius 2 is 2.03 bits per heavy atom. The molecule has 0 spiro atoms. The van der Waals surface area contributed by atoms with Crippen molar-refractivity contribution < 1.29 is 36.3 Å². The van der Waals surface area contributed by atoms with Gasteiger partial charge in [0.1, 0.15) is 34.6 Å². The standard InChI is InChI=1S/C21H26F2N4O6S/c1-6-9-32-19(29)27-11-16-21(12-27,14-8-7-13(22)10-15(14)23)25-17(26(5)34(16,30)31)24-18(28)33-20(2,3)4/h6-8,10,16H,1,9,11-12H2,2-5H3,(H,24,25,28)/t16-,21-/m0/s1. The van der Waals surface area contributed by atoms with Gasteiger partial charge in [0.05, 0.1) is 6.54 Å². The number of carbonyl (C=O) groups excluding carboxylic acids is 2. The van der Waals surface area contributed by atoms with Gasteiger partial charge in [0.25, 0.3) is 0 Å². The van der Waals surface area contributed by atoms with E-state index in [4.69, 9.17) is 9.47 Å². The van der Waals surface area contributed by atoms with Crippen LogP contribution in [-0.4, -0.2) is 73.4 Å². The van der Waals surface area contributed by atoms with Crippen molar-refractivity contribution in [2.75, 3.05) is 26.7 Å². The van der Waals surface area contributed by atoms with Crippen molar-refractivity contribution in [1.29, 1.82) is 0 Å². The second kappa shape index (κ2) is 8.85. The number of hydrogen-bond acceptors (Lipinski definition) is 7. The lowest BCUT2D eigenvalue weighted by Gasteiger charge is -2.39. The number of alkyl carbamates (subject to hydrolysis) is 1. The molecule has 1 aromatic carbocycles. The molecule has 2 aliphatic heterocycles. The van der Waals surface area contributed by atoms with E-state index in [-0.39, 0.29) is 18.7 Å². The number of carbonyl (C=O) groups is 2. The van der Waals surface area contributed by atoms with Gasteiger partial charge in [-0.15, -0.1) is 0 Å². The van der Waals surface area contributed by atoms with Crippen molar-refractivity contribution in [3.8, 4) is 0 Å². The molecule has 2 atom stereocenters. The van der Waals surface area contributed by atoms with Crippen LogP contribution in [0, 0.1) is 11.6 Å². The monoisotopic (exact) mass is 500 g/mol. The van der Waals surface area contributed by atoms with Crippen molar-refractivity contribution in [1.82, 2.24) is 14.5 Å². The maximum atomic E-state index is 15.0. The number of ether oxygens (including phenoxy) is 2. The number of fused-ring (bicyclic) bond motifs is 1. The molecule has 186 valence electrons. The molecular weight excluding hydrogens is 474 g/mol. The van der Waals surface area contributed by atoms with Crippen molar-refractivity contribution in [3.63, 3.8) is 0 Å². The van der Waals surface area contributed by atoms with Crippen LogP contribution in [0.1, 0.15) is 26.3 Å². The van der Waals surface area contributed by atoms with Crippen molar-refractivity contribution in [3.05, 3.63) is 48.1 Å². The Morgan fingerprint density at radius 3 is 2.62 bits per heavy atom. The summed E-state index contributed by atoms with van der Waals surface area (Å²) in [6.45, 7) is 7.40. The SMILES string of the molecule is C=CCOC(=O)N1C[C@H]2[C@@](c3ccc(F)cc3F)(C1)N=C(NC(=O)OC(C)(C)C)N(C)S2(=O)=O. The van der Waals surface area contributed by atoms with Gasteiger partial charge in [-0.05, 0) is 26.8 Å². The van der Waals surface area contributed by atoms with E-state index in [0.717, 1.165) is 28.4 Å². The van der Waals surface area contributed by atoms with Gasteiger partial charge in [-0.1, -0.05) is 18.7 Å². The van der Waals surface area contributed by atoms with Crippen molar-refractivity contribution in [2.24, 2.45) is 4.99 Å². The smallest absolute Gasteiger partial charge is 0.414 e. The zero-order chi connectivity index (χ0) is 25.5. The van der Waals surface area contributed by atoms with Gasteiger partial charge in [-0.25, -0.2) is 36.1 Å². The van der Waals surface area contributed by atoms with Gasteiger partial charge >= 0.3 is 12.2 Å². The quantitative estimate of drug-likeness (QED) is 0.637. The third-order valence-electron chi connectivity index (χ3n) is 5.29. The number of aliphatic imine (C=N–C) groups is 1. The van der Waals surface area contributed by atoms with E-state index in [2.05, 4.69) is 16.9 Å². The molecule has 10 nitrogen and oxygen atoms in total. The lowest BCUT2D eigenvalue weighted by molar-refractivity contribution is 0.0558. The summed E-state index contributed by atoms with van der Waals surface area (Å²) in [4.78, 5) is 30.4. The van der Waals surface area contributed by atoms with Gasteiger partial charge in [-0.2, -0.15) is 0 Å². The highest BCUT2D eigenvalue weighted by Gasteiger charge is 2.61. The zero-order valence-electron chi connectivity index (χ0n) is 19.2. The maximum Gasteiger partial charge on any atom is 0.414 e. The third kappa shape index (κ3) is 4.69. The highest BCUT2D eigenvalue weighted by Crippen LogP contribution is 2.44. The molecule has 13 heteroatoms. The maximum absolute atomic E-state index is 15.0. The summed E-state index contributed by atoms with van der Waals surface area (Å²) in [5, 5.41) is 0.849. The molecular formula is C21H26F2N4O6S. The summed E-state index contributed by atoms with van der Waals surface area (Å²) in [6.07, 6.45) is -0.505. The number of nitrogens with one attached hydrogen (secondary N) is 1. The molecule has 1 N–H and O–H groups in total. The molecule has 1 aromatic rings. The molecule has 0 aliphatic carbocycles. The van der Waals surface area contributed by atoms with Gasteiger partial charge in [0.15, 0.2) is 0 Å². The molecule has 0 aromatic heterocycles. The second-order valence-corrected chi connectivity index (χ2v) is 11.0. The van der Waals surface area contributed by atoms with E-state index in [1.807, 2.05) is 0 Å². The second-order valence-electron chi connectivity index (χ2n) is 8.86. The van der Waals surface area contributed by atoms with Crippen molar-refractivity contribution in [2.45, 2.75) is 37.2 Å². The third-order valence-corrected chi connectivity index (χ3v) is 7.48. The Hall–Kier alpha value is -3.22. The number of guanidine groups is 1. The van der Waals surface area contributed by atoms with E-state index in [0.29, 0.717) is 6.07 Å². The minimum atomic E-state index is -4.30. The Balaban J connectivity index is 2.15. The first-order valence-electron chi connectivity index (χ1n) is 10.3. The van der Waals surface area contributed by atoms with Crippen LogP contribution >= 0.6 is 0 Å². The molecule has 0 radical (unpaired) electrons. The number of halogens is 2. The minimum Gasteiger partial charge on any atom is -0.445 e. The van der Waals surface area contributed by atoms with Crippen LogP contribution in [0.25, 0.3) is 0 Å². The number of likely N-dealkylation sites (tertiary alicyclic amines) is 1. The van der Waals surface area contributed by atoms with Crippen LogP contribution in [0.3, 0.4) is 0 Å². The van der Waals surface area contributed by atoms with Crippen LogP contribution in [0.15, 0.2) is 35.8 Å². The van der Waals surface area contributed by atoms with Crippen LogP contribution in [0.2, 0.25) is 0 Å². The van der Waals surface area contributed by atoms with Crippen LogP contribution in [-0.2, 0) is 25.0 Å². The van der Waals surface area contributed by atoms with Crippen LogP contribution in [0.5, 0.6) is 0 Å². The van der Waals surface area contributed by atoms with Gasteiger partial charge in [0.2, 0.25) is 16.0 Å². The zero-order valence-corrected chi connectivity index (χ0v) is 20.0. The fourth-order valence-corrected chi connectivity index (χ4v) is 5.67. The van der Waals surface area contributed by atoms with Gasteiger partial charge < -0.3 is 14.4 Å². The number of hydrogen-bond donors (Lipinski definition) is 1. The molecule has 3 rings (SSSR count). The molecule has 0 saturated carbocycles. The largest absolute Gasteiger partial charge is 0.445 e. The fraction of sp³-hybridized carbons (Fsp3) is 0.476. The first-order valence-corrected chi connectivity index (χ1v) is 11.8. The van der Waals surface area contributed by atoms with Gasteiger partial charge in [-0.3, -0.25) is 5.32 Å². The van der Waals surface area contributed by atoms with Gasteiger partial charge in [0, 0.05) is 25.2 Å². The summed E-state index contributed by atoms with van der Waals surface area (Å²) in [6, 6.07) is 2.64. The average Bonchev–Trinajstić information content (AvgIpc) is 3.10. The first-order chi connectivity index (χ1) is 15.7. The Labute approximate surface area is 196 Å². The Kier molecular flexibility index (Phi) is 6.62. The number of nitrogens with zero attached hydrogens (tertiary/aromatic N) is 3. The summed E-state index contributed by atoms with van der Waals surface area (Å²) in [5.41, 5.74) is -3.03. The van der Waals surface area contributed by atoms with E-state index >= 15 is 0 Å². The number of sulfonamides is 1. The fourth-order valence-electron chi connectivity index (χ4n) is 3.85. The average molecular weight is 501 g/mol. The van der Waals surface area contributed by atoms with E-state index < -0.39 is 62.7 Å². The highest BCUT2D eigenvalue weighted by molar-refractivity contribution is 7.90. The van der Waals surface area contributed by atoms with E-state index in [1.165, 1.54) is 6.08 Å². The number of benzene rings is 1. The van der Waals surface area contributed by atoms with Crippen molar-refractivity contribution >= 4 is 28.2 Å². The first kappa shape index (κ1) is 25.4.